The molecule has 2 aliphatic heterocycles. The number of morpholine rings is 1. The fraction of sp³-hybridized carbons (Fsp3) is 0.368. The maximum absolute atomic E-state index is 13.6. The van der Waals surface area contributed by atoms with Crippen LogP contribution in [-0.2, 0) is 9.53 Å². The van der Waals surface area contributed by atoms with E-state index >= 15 is 0 Å². The number of nitrogens with zero attached hydrogens (tertiary/aromatic N) is 4. The summed E-state index contributed by atoms with van der Waals surface area (Å²) in [6.07, 6.45) is 4.40. The van der Waals surface area contributed by atoms with Crippen LogP contribution < -0.4 is 4.90 Å². The van der Waals surface area contributed by atoms with Gasteiger partial charge >= 0.3 is 0 Å². The van der Waals surface area contributed by atoms with E-state index in [1.165, 1.54) is 24.5 Å². The third kappa shape index (κ3) is 3.52. The molecule has 2 aliphatic rings. The molecule has 2 fully saturated rings. The number of carbonyl (C=O) groups excluding carboxylic acids is 2. The highest BCUT2D eigenvalue weighted by molar-refractivity contribution is 5.96. The van der Waals surface area contributed by atoms with E-state index in [4.69, 9.17) is 4.74 Å². The molecular weight excluding hydrogens is 351 g/mol. The Labute approximate surface area is 155 Å². The molecule has 0 N–H and O–H groups in total. The van der Waals surface area contributed by atoms with Gasteiger partial charge in [0.2, 0.25) is 0 Å². The van der Waals surface area contributed by atoms with Crippen LogP contribution in [0.2, 0.25) is 0 Å². The van der Waals surface area contributed by atoms with E-state index in [0.29, 0.717) is 24.3 Å². The number of amides is 2. The molecule has 7 nitrogen and oxygen atoms in total. The van der Waals surface area contributed by atoms with Crippen LogP contribution in [0.15, 0.2) is 42.7 Å². The maximum atomic E-state index is 13.6. The van der Waals surface area contributed by atoms with Gasteiger partial charge in [-0.25, -0.2) is 4.39 Å². The van der Waals surface area contributed by atoms with E-state index in [-0.39, 0.29) is 25.0 Å². The molecule has 140 valence electrons. The molecule has 1 spiro atoms. The Morgan fingerprint density at radius 3 is 2.89 bits per heavy atom. The minimum atomic E-state index is -0.658. The van der Waals surface area contributed by atoms with Crippen molar-refractivity contribution >= 4 is 17.5 Å². The number of benzene rings is 1. The summed E-state index contributed by atoms with van der Waals surface area (Å²) in [5.41, 5.74) is 0.314. The molecule has 1 atom stereocenters. The highest BCUT2D eigenvalue weighted by atomic mass is 19.1. The molecule has 0 saturated carbocycles. The first-order chi connectivity index (χ1) is 13.1. The molecule has 2 aromatic rings. The summed E-state index contributed by atoms with van der Waals surface area (Å²) in [6.45, 7) is 1.18. The molecule has 0 bridgehead atoms. The summed E-state index contributed by atoms with van der Waals surface area (Å²) in [4.78, 5) is 28.4. The van der Waals surface area contributed by atoms with Gasteiger partial charge in [0.05, 0.1) is 31.0 Å². The van der Waals surface area contributed by atoms with Crippen LogP contribution in [-0.4, -0.2) is 58.8 Å². The maximum Gasteiger partial charge on any atom is 0.255 e. The van der Waals surface area contributed by atoms with Gasteiger partial charge < -0.3 is 14.5 Å². The van der Waals surface area contributed by atoms with Crippen molar-refractivity contribution in [2.45, 2.75) is 18.4 Å². The molecule has 1 unspecified atom stereocenters. The molecule has 3 heterocycles. The van der Waals surface area contributed by atoms with Gasteiger partial charge in [0.15, 0.2) is 0 Å². The van der Waals surface area contributed by atoms with Crippen molar-refractivity contribution in [2.75, 3.05) is 31.1 Å². The van der Waals surface area contributed by atoms with Crippen molar-refractivity contribution in [1.29, 1.82) is 0 Å². The Morgan fingerprint density at radius 2 is 2.11 bits per heavy atom. The van der Waals surface area contributed by atoms with E-state index in [1.54, 1.807) is 28.0 Å². The normalized spacial score (nSPS) is 22.9. The first-order valence-electron chi connectivity index (χ1n) is 8.82. The summed E-state index contributed by atoms with van der Waals surface area (Å²) in [5, 5.41) is 7.45. The second-order valence-corrected chi connectivity index (χ2v) is 6.89. The summed E-state index contributed by atoms with van der Waals surface area (Å²) < 4.78 is 19.5. The second kappa shape index (κ2) is 7.03. The Bertz CT molecular complexity index is 863. The number of halogens is 1. The largest absolute Gasteiger partial charge is 0.361 e. The number of piperidine rings is 1. The minimum absolute atomic E-state index is 0.0879. The summed E-state index contributed by atoms with van der Waals surface area (Å²) in [6, 6.07) is 7.59. The van der Waals surface area contributed by atoms with E-state index in [1.807, 2.05) is 0 Å². The van der Waals surface area contributed by atoms with Gasteiger partial charge in [-0.2, -0.15) is 10.2 Å². The lowest BCUT2D eigenvalue weighted by Crippen LogP contribution is -2.62. The average molecular weight is 370 g/mol. The highest BCUT2D eigenvalue weighted by Crippen LogP contribution is 2.32. The molecule has 2 saturated heterocycles. The zero-order valence-electron chi connectivity index (χ0n) is 14.7. The van der Waals surface area contributed by atoms with Crippen molar-refractivity contribution in [1.82, 2.24) is 15.1 Å². The standard InChI is InChI=1S/C19H19FN4O3/c20-15-3-1-4-16(9-15)24-13-19(27-11-17(24)25)6-2-8-23(12-19)18(26)14-5-7-21-22-10-14/h1,3-5,7,9-10H,2,6,8,11-13H2. The van der Waals surface area contributed by atoms with E-state index in [0.717, 1.165) is 12.8 Å². The first kappa shape index (κ1) is 17.5. The average Bonchev–Trinajstić information content (AvgIpc) is 2.70. The lowest BCUT2D eigenvalue weighted by molar-refractivity contribution is -0.144. The number of ether oxygens (including phenoxy) is 1. The van der Waals surface area contributed by atoms with Gasteiger partial charge in [0.1, 0.15) is 18.0 Å². The van der Waals surface area contributed by atoms with E-state index in [9.17, 15) is 14.0 Å². The van der Waals surface area contributed by atoms with Crippen LogP contribution in [0.5, 0.6) is 0 Å². The number of likely N-dealkylation sites (tertiary alicyclic amines) is 1. The minimum Gasteiger partial charge on any atom is -0.361 e. The zero-order chi connectivity index (χ0) is 18.9. The van der Waals surface area contributed by atoms with Gasteiger partial charge in [-0.1, -0.05) is 6.07 Å². The van der Waals surface area contributed by atoms with Gasteiger partial charge in [-0.3, -0.25) is 9.59 Å². The van der Waals surface area contributed by atoms with Crippen LogP contribution in [0.1, 0.15) is 23.2 Å². The summed E-state index contributed by atoms with van der Waals surface area (Å²) in [5.74, 6) is -0.749. The molecule has 1 aromatic heterocycles. The topological polar surface area (TPSA) is 75.6 Å². The Kier molecular flexibility index (Phi) is 4.57. The fourth-order valence-electron chi connectivity index (χ4n) is 3.71. The van der Waals surface area contributed by atoms with Crippen LogP contribution in [0.3, 0.4) is 0 Å². The smallest absolute Gasteiger partial charge is 0.255 e. The quantitative estimate of drug-likeness (QED) is 0.804. The molecule has 8 heteroatoms. The molecule has 0 radical (unpaired) electrons. The number of aromatic nitrogens is 2. The Morgan fingerprint density at radius 1 is 1.22 bits per heavy atom. The fourth-order valence-corrected chi connectivity index (χ4v) is 3.71. The molecule has 0 aliphatic carbocycles. The molecule has 27 heavy (non-hydrogen) atoms. The molecule has 1 aromatic carbocycles. The molecule has 2 amide bonds. The highest BCUT2D eigenvalue weighted by Gasteiger charge is 2.44. The van der Waals surface area contributed by atoms with Crippen molar-refractivity contribution in [3.63, 3.8) is 0 Å². The first-order valence-corrected chi connectivity index (χ1v) is 8.82. The zero-order valence-corrected chi connectivity index (χ0v) is 14.7. The third-order valence-electron chi connectivity index (χ3n) is 5.03. The van der Waals surface area contributed by atoms with Crippen LogP contribution in [0.25, 0.3) is 0 Å². The third-order valence-corrected chi connectivity index (χ3v) is 5.03. The number of hydrogen-bond donors (Lipinski definition) is 0. The van der Waals surface area contributed by atoms with Crippen molar-refractivity contribution in [3.05, 3.63) is 54.1 Å². The van der Waals surface area contributed by atoms with Gasteiger partial charge in [-0.15, -0.1) is 0 Å². The monoisotopic (exact) mass is 370 g/mol. The number of anilines is 1. The molecule has 4 rings (SSSR count). The van der Waals surface area contributed by atoms with Gasteiger partial charge in [0, 0.05) is 12.2 Å². The summed E-state index contributed by atoms with van der Waals surface area (Å²) >= 11 is 0. The predicted octanol–water partition coefficient (Wildman–Crippen LogP) is 1.65. The predicted molar refractivity (Wildman–Crippen MR) is 94.6 cm³/mol. The van der Waals surface area contributed by atoms with Crippen molar-refractivity contribution in [3.8, 4) is 0 Å². The lowest BCUT2D eigenvalue weighted by Gasteiger charge is -2.47. The molecular formula is C19H19FN4O3. The Hall–Kier alpha value is -2.87. The van der Waals surface area contributed by atoms with E-state index in [2.05, 4.69) is 10.2 Å². The van der Waals surface area contributed by atoms with Gasteiger partial charge in [-0.05, 0) is 37.1 Å². The lowest BCUT2D eigenvalue weighted by atomic mass is 9.90. The van der Waals surface area contributed by atoms with Gasteiger partial charge in [0.25, 0.3) is 11.8 Å². The number of carbonyl (C=O) groups is 2. The van der Waals surface area contributed by atoms with Crippen molar-refractivity contribution < 1.29 is 18.7 Å². The van der Waals surface area contributed by atoms with Crippen LogP contribution in [0, 0.1) is 5.82 Å². The number of hydrogen-bond acceptors (Lipinski definition) is 5. The van der Waals surface area contributed by atoms with E-state index < -0.39 is 11.4 Å². The Balaban J connectivity index is 1.55. The second-order valence-electron chi connectivity index (χ2n) is 6.89. The van der Waals surface area contributed by atoms with Crippen LogP contribution in [0.4, 0.5) is 10.1 Å². The van der Waals surface area contributed by atoms with Crippen LogP contribution >= 0.6 is 0 Å². The summed E-state index contributed by atoms with van der Waals surface area (Å²) in [7, 11) is 0. The number of rotatable bonds is 2. The van der Waals surface area contributed by atoms with Crippen molar-refractivity contribution in [2.24, 2.45) is 0 Å². The SMILES string of the molecule is O=C(c1ccnnc1)N1CCCC2(C1)CN(c1cccc(F)c1)C(=O)CO2.